The van der Waals surface area contributed by atoms with E-state index in [1.165, 1.54) is 17.8 Å². The third-order valence-corrected chi connectivity index (χ3v) is 7.24. The SMILES string of the molecule is CC(C)OC(=O)[C@@H](C)NP(=O)(OC[C@H]1O[C@@H](n2cnc3c(N)[n+](O)cnc32)[C@H](O)[C@@H]1O)Oc1ccccc1. The van der Waals surface area contributed by atoms with Gasteiger partial charge < -0.3 is 35.2 Å². The number of hydrogen-bond acceptors (Lipinski definition) is 12. The van der Waals surface area contributed by atoms with E-state index in [9.17, 15) is 24.8 Å². The number of aromatic nitrogens is 4. The standard InChI is InChI=1S/C22H29N6O9P/c1-12(2)35-22(31)13(3)26-38(33,37-14-7-5-4-6-8-14)34-9-15-17(29)18(30)21(36-15)27-10-24-16-19(23)28(32)11-25-20(16)27/h4-8,10-13,15,17-18,21,23,29-30,32H,9H2,1-3H3,(H,26,33)/p+1/t13-,15-,17-,18-,21-,38?/m1/s1. The van der Waals surface area contributed by atoms with Crippen LogP contribution in [-0.2, 0) is 23.4 Å². The lowest BCUT2D eigenvalue weighted by Gasteiger charge is -2.25. The zero-order valence-electron chi connectivity index (χ0n) is 20.8. The number of benzene rings is 1. The molecule has 1 saturated heterocycles. The second-order valence-electron chi connectivity index (χ2n) is 8.88. The highest BCUT2D eigenvalue weighted by Gasteiger charge is 2.46. The summed E-state index contributed by atoms with van der Waals surface area (Å²) in [5, 5.41) is 33.6. The highest BCUT2D eigenvalue weighted by molar-refractivity contribution is 7.52. The number of esters is 1. The number of aliphatic hydroxyl groups excluding tert-OH is 2. The topological polar surface area (TPSA) is 204 Å². The second-order valence-corrected chi connectivity index (χ2v) is 10.6. The molecule has 0 saturated carbocycles. The number of carbonyl (C=O) groups is 1. The van der Waals surface area contributed by atoms with Crippen molar-refractivity contribution < 1.29 is 48.0 Å². The minimum absolute atomic E-state index is 0.0862. The summed E-state index contributed by atoms with van der Waals surface area (Å²) >= 11 is 0. The Labute approximate surface area is 217 Å². The number of para-hydroxylation sites is 1. The molecule has 6 N–H and O–H groups in total. The van der Waals surface area contributed by atoms with Crippen LogP contribution in [0.5, 0.6) is 5.75 Å². The van der Waals surface area contributed by atoms with Gasteiger partial charge in [0.15, 0.2) is 6.23 Å². The first-order chi connectivity index (χ1) is 18.0. The van der Waals surface area contributed by atoms with Crippen molar-refractivity contribution >= 4 is 30.7 Å². The molecule has 0 radical (unpaired) electrons. The van der Waals surface area contributed by atoms with Gasteiger partial charge in [0.25, 0.3) is 12.1 Å². The third kappa shape index (κ3) is 5.88. The lowest BCUT2D eigenvalue weighted by Crippen LogP contribution is -2.38. The molecule has 1 unspecified atom stereocenters. The number of rotatable bonds is 10. The van der Waals surface area contributed by atoms with E-state index in [0.29, 0.717) is 4.73 Å². The van der Waals surface area contributed by atoms with Gasteiger partial charge in [0, 0.05) is 0 Å². The van der Waals surface area contributed by atoms with E-state index in [1.54, 1.807) is 44.2 Å². The van der Waals surface area contributed by atoms with Crippen LogP contribution in [0.2, 0.25) is 0 Å². The molecule has 38 heavy (non-hydrogen) atoms. The lowest BCUT2D eigenvalue weighted by molar-refractivity contribution is -0.894. The molecule has 1 aromatic carbocycles. The van der Waals surface area contributed by atoms with Crippen molar-refractivity contribution in [3.63, 3.8) is 0 Å². The van der Waals surface area contributed by atoms with Crippen LogP contribution in [0.25, 0.3) is 11.2 Å². The molecule has 4 rings (SSSR count). The van der Waals surface area contributed by atoms with Gasteiger partial charge in [-0.3, -0.25) is 13.9 Å². The van der Waals surface area contributed by atoms with E-state index in [2.05, 4.69) is 15.1 Å². The van der Waals surface area contributed by atoms with Gasteiger partial charge in [-0.25, -0.2) is 9.55 Å². The van der Waals surface area contributed by atoms with Gasteiger partial charge in [0.1, 0.15) is 36.4 Å². The number of anilines is 1. The normalized spacial score (nSPS) is 23.8. The van der Waals surface area contributed by atoms with Crippen molar-refractivity contribution in [1.29, 1.82) is 0 Å². The summed E-state index contributed by atoms with van der Waals surface area (Å²) < 4.78 is 37.7. The summed E-state index contributed by atoms with van der Waals surface area (Å²) in [5.41, 5.74) is 6.13. The molecule has 6 atom stereocenters. The van der Waals surface area contributed by atoms with Crippen LogP contribution in [0.15, 0.2) is 43.0 Å². The van der Waals surface area contributed by atoms with E-state index < -0.39 is 57.0 Å². The molecule has 2 aromatic heterocycles. The van der Waals surface area contributed by atoms with Crippen molar-refractivity contribution in [3.8, 4) is 5.75 Å². The summed E-state index contributed by atoms with van der Waals surface area (Å²) in [6.07, 6.45) is -3.30. The molecular weight excluding hydrogens is 523 g/mol. The van der Waals surface area contributed by atoms with E-state index in [0.717, 1.165) is 6.33 Å². The Hall–Kier alpha value is -3.33. The van der Waals surface area contributed by atoms with Gasteiger partial charge in [-0.05, 0) is 32.9 Å². The first-order valence-corrected chi connectivity index (χ1v) is 13.2. The zero-order valence-corrected chi connectivity index (χ0v) is 21.7. The Kier molecular flexibility index (Phi) is 8.16. The minimum Gasteiger partial charge on any atom is -0.462 e. The Balaban J connectivity index is 1.51. The molecule has 0 amide bonds. The second kappa shape index (κ2) is 11.2. The molecule has 0 spiro atoms. The Morgan fingerprint density at radius 2 is 1.95 bits per heavy atom. The maximum atomic E-state index is 13.7. The number of ether oxygens (including phenoxy) is 2. The van der Waals surface area contributed by atoms with Crippen molar-refractivity contribution in [2.75, 3.05) is 12.3 Å². The van der Waals surface area contributed by atoms with E-state index in [1.807, 2.05) is 0 Å². The quantitative estimate of drug-likeness (QED) is 0.0992. The van der Waals surface area contributed by atoms with Gasteiger partial charge >= 0.3 is 13.7 Å². The number of nitrogens with zero attached hydrogens (tertiary/aromatic N) is 4. The average Bonchev–Trinajstić information content (AvgIpc) is 3.41. The smallest absolute Gasteiger partial charge is 0.459 e. The molecule has 1 fully saturated rings. The Morgan fingerprint density at radius 3 is 2.63 bits per heavy atom. The highest BCUT2D eigenvalue weighted by atomic mass is 31.2. The predicted octanol–water partition coefficient (Wildman–Crippen LogP) is 0.291. The molecule has 0 bridgehead atoms. The number of fused-ring (bicyclic) bond motifs is 1. The van der Waals surface area contributed by atoms with Crippen LogP contribution >= 0.6 is 7.75 Å². The summed E-state index contributed by atoms with van der Waals surface area (Å²) in [4.78, 5) is 20.4. The van der Waals surface area contributed by atoms with Crippen molar-refractivity contribution in [1.82, 2.24) is 19.6 Å². The fourth-order valence-electron chi connectivity index (χ4n) is 3.73. The number of aliphatic hydroxyl groups is 2. The van der Waals surface area contributed by atoms with E-state index >= 15 is 0 Å². The first kappa shape index (κ1) is 27.7. The fourth-order valence-corrected chi connectivity index (χ4v) is 5.23. The van der Waals surface area contributed by atoms with Crippen molar-refractivity contribution in [2.45, 2.75) is 57.5 Å². The minimum atomic E-state index is -4.23. The molecular formula is C22H30N6O9P+. The number of nitrogens with two attached hydrogens (primary N) is 1. The summed E-state index contributed by atoms with van der Waals surface area (Å²) in [5.74, 6) is -0.554. The van der Waals surface area contributed by atoms with E-state index in [-0.39, 0.29) is 22.7 Å². The summed E-state index contributed by atoms with van der Waals surface area (Å²) in [6.45, 7) is 4.30. The monoisotopic (exact) mass is 553 g/mol. The predicted molar refractivity (Wildman–Crippen MR) is 130 cm³/mol. The van der Waals surface area contributed by atoms with Gasteiger partial charge in [-0.1, -0.05) is 27.9 Å². The highest BCUT2D eigenvalue weighted by Crippen LogP contribution is 2.46. The van der Waals surface area contributed by atoms with Gasteiger partial charge in [0.2, 0.25) is 11.2 Å². The molecule has 0 aliphatic carbocycles. The van der Waals surface area contributed by atoms with Crippen molar-refractivity contribution in [3.05, 3.63) is 43.0 Å². The maximum Gasteiger partial charge on any atom is 0.459 e. The van der Waals surface area contributed by atoms with Crippen LogP contribution in [0.1, 0.15) is 27.0 Å². The summed E-state index contributed by atoms with van der Waals surface area (Å²) in [6, 6.07) is 7.09. The number of imidazole rings is 1. The maximum absolute atomic E-state index is 13.7. The van der Waals surface area contributed by atoms with Gasteiger partial charge in [-0.15, -0.1) is 0 Å². The third-order valence-electron chi connectivity index (χ3n) is 5.59. The Morgan fingerprint density at radius 1 is 1.24 bits per heavy atom. The molecule has 16 heteroatoms. The van der Waals surface area contributed by atoms with Gasteiger partial charge in [-0.2, -0.15) is 5.09 Å². The number of nitrogen functional groups attached to an aromatic ring is 1. The molecule has 1 aliphatic rings. The molecule has 1 aliphatic heterocycles. The van der Waals surface area contributed by atoms with Gasteiger partial charge in [0.05, 0.1) is 12.7 Å². The lowest BCUT2D eigenvalue weighted by atomic mass is 10.1. The van der Waals surface area contributed by atoms with Crippen LogP contribution in [0.4, 0.5) is 5.82 Å². The zero-order chi connectivity index (χ0) is 27.6. The number of nitrogens with one attached hydrogen (secondary N) is 1. The first-order valence-electron chi connectivity index (χ1n) is 11.7. The Bertz CT molecular complexity index is 1320. The molecule has 206 valence electrons. The molecule has 3 aromatic rings. The summed E-state index contributed by atoms with van der Waals surface area (Å²) in [7, 11) is -4.23. The van der Waals surface area contributed by atoms with E-state index in [4.69, 9.17) is 24.3 Å². The largest absolute Gasteiger partial charge is 0.462 e. The van der Waals surface area contributed by atoms with Crippen LogP contribution < -0.4 is 20.1 Å². The fraction of sp³-hybridized carbons (Fsp3) is 0.455. The molecule has 3 heterocycles. The van der Waals surface area contributed by atoms with Crippen LogP contribution in [-0.4, -0.2) is 73.0 Å². The van der Waals surface area contributed by atoms with Crippen LogP contribution in [0, 0.1) is 0 Å². The number of hydrogen-bond donors (Lipinski definition) is 5. The van der Waals surface area contributed by atoms with Crippen molar-refractivity contribution in [2.24, 2.45) is 0 Å². The van der Waals surface area contributed by atoms with Crippen LogP contribution in [0.3, 0.4) is 0 Å². The average molecular weight is 553 g/mol. The number of carbonyl (C=O) groups excluding carboxylic acids is 1. The molecule has 15 nitrogen and oxygen atoms in total.